The fourth-order valence-corrected chi connectivity index (χ4v) is 2.91. The number of carbonyl (C=O) groups excluding carboxylic acids is 1. The van der Waals surface area contributed by atoms with Crippen molar-refractivity contribution in [2.75, 3.05) is 32.7 Å². The van der Waals surface area contributed by atoms with Gasteiger partial charge in [0, 0.05) is 6.07 Å². The highest BCUT2D eigenvalue weighted by Gasteiger charge is 2.25. The van der Waals surface area contributed by atoms with Gasteiger partial charge in [-0.05, 0) is 26.0 Å². The van der Waals surface area contributed by atoms with Crippen LogP contribution in [0.3, 0.4) is 0 Å². The zero-order chi connectivity index (χ0) is 15.7. The van der Waals surface area contributed by atoms with Gasteiger partial charge in [-0.1, -0.05) is 11.6 Å². The first-order valence-electron chi connectivity index (χ1n) is 7.76. The Kier molecular flexibility index (Phi) is 3.98. The van der Waals surface area contributed by atoms with Gasteiger partial charge in [-0.15, -0.1) is 0 Å². The third-order valence-corrected chi connectivity index (χ3v) is 4.35. The Labute approximate surface area is 129 Å². The third kappa shape index (κ3) is 2.76. The molecule has 1 N–H and O–H groups in total. The van der Waals surface area contributed by atoms with Gasteiger partial charge in [0.2, 0.25) is 0 Å². The molecule has 0 radical (unpaired) electrons. The Bertz CT molecular complexity index is 758. The molecular weight excluding hydrogens is 280 g/mol. The van der Waals surface area contributed by atoms with E-state index in [9.17, 15) is 9.59 Å². The van der Waals surface area contributed by atoms with E-state index in [4.69, 9.17) is 4.42 Å². The molecule has 3 rings (SSSR count). The molecule has 116 valence electrons. The lowest BCUT2D eigenvalue weighted by Gasteiger charge is -2.31. The summed E-state index contributed by atoms with van der Waals surface area (Å²) in [6.45, 7) is 8.45. The zero-order valence-electron chi connectivity index (χ0n) is 13.0. The number of likely N-dealkylation sites (N-methyl/N-ethyl adjacent to an activating group) is 1. The van der Waals surface area contributed by atoms with Crippen LogP contribution < -0.4 is 10.3 Å². The molecule has 1 aliphatic heterocycles. The van der Waals surface area contributed by atoms with Gasteiger partial charge in [0.05, 0.1) is 38.1 Å². The van der Waals surface area contributed by atoms with Crippen LogP contribution in [0.15, 0.2) is 33.5 Å². The van der Waals surface area contributed by atoms with Crippen molar-refractivity contribution in [3.8, 4) is 0 Å². The van der Waals surface area contributed by atoms with E-state index in [2.05, 4.69) is 6.92 Å². The molecule has 0 saturated carbocycles. The number of benzene rings is 1. The van der Waals surface area contributed by atoms with E-state index in [1.807, 2.05) is 13.0 Å². The van der Waals surface area contributed by atoms with E-state index in [0.717, 1.165) is 25.2 Å². The summed E-state index contributed by atoms with van der Waals surface area (Å²) in [5.41, 5.74) is 1.31. The number of carbonyl (C=O) groups is 1. The van der Waals surface area contributed by atoms with Crippen molar-refractivity contribution < 1.29 is 14.1 Å². The molecule has 1 amide bonds. The number of aryl methyl sites for hydroxylation is 1. The van der Waals surface area contributed by atoms with Gasteiger partial charge in [-0.2, -0.15) is 0 Å². The number of nitrogens with one attached hydrogen (secondary N) is 1. The Morgan fingerprint density at radius 3 is 2.68 bits per heavy atom. The molecular formula is C17H21N2O3+. The lowest BCUT2D eigenvalue weighted by molar-refractivity contribution is -0.902. The van der Waals surface area contributed by atoms with Crippen LogP contribution >= 0.6 is 0 Å². The predicted molar refractivity (Wildman–Crippen MR) is 84.4 cm³/mol. The van der Waals surface area contributed by atoms with Gasteiger partial charge in [-0.3, -0.25) is 9.59 Å². The van der Waals surface area contributed by atoms with E-state index >= 15 is 0 Å². The largest absolute Gasteiger partial charge is 0.451 e. The normalized spacial score (nSPS) is 16.2. The molecule has 1 aromatic heterocycles. The quantitative estimate of drug-likeness (QED) is 0.877. The molecule has 22 heavy (non-hydrogen) atoms. The number of rotatable bonds is 2. The van der Waals surface area contributed by atoms with Crippen molar-refractivity contribution in [2.24, 2.45) is 0 Å². The SMILES string of the molecule is CC[NH+]1CCN(C(=O)c2cc(=O)c3cc(C)ccc3o2)CC1. The minimum Gasteiger partial charge on any atom is -0.451 e. The van der Waals surface area contributed by atoms with Gasteiger partial charge >= 0.3 is 0 Å². The second-order valence-electron chi connectivity index (χ2n) is 5.87. The fraction of sp³-hybridized carbons (Fsp3) is 0.412. The number of piperazine rings is 1. The summed E-state index contributed by atoms with van der Waals surface area (Å²) >= 11 is 0. The van der Waals surface area contributed by atoms with Crippen molar-refractivity contribution in [3.63, 3.8) is 0 Å². The summed E-state index contributed by atoms with van der Waals surface area (Å²) in [5.74, 6) is -0.0453. The Hall–Kier alpha value is -2.14. The highest BCUT2D eigenvalue weighted by Crippen LogP contribution is 2.15. The van der Waals surface area contributed by atoms with Gasteiger partial charge < -0.3 is 14.2 Å². The standard InChI is InChI=1S/C17H20N2O3/c1-3-18-6-8-19(9-7-18)17(21)16-11-14(20)13-10-12(2)4-5-15(13)22-16/h4-5,10-11H,3,6-9H2,1-2H3/p+1. The van der Waals surface area contributed by atoms with E-state index in [-0.39, 0.29) is 17.1 Å². The average Bonchev–Trinajstić information content (AvgIpc) is 2.55. The predicted octanol–water partition coefficient (Wildman–Crippen LogP) is 0.462. The van der Waals surface area contributed by atoms with Gasteiger partial charge in [-0.25, -0.2) is 0 Å². The molecule has 1 aliphatic rings. The summed E-state index contributed by atoms with van der Waals surface area (Å²) in [6.07, 6.45) is 0. The molecule has 0 atom stereocenters. The first kappa shape index (κ1) is 14.8. The molecule has 5 heteroatoms. The monoisotopic (exact) mass is 301 g/mol. The van der Waals surface area contributed by atoms with Crippen molar-refractivity contribution in [1.82, 2.24) is 4.90 Å². The van der Waals surface area contributed by atoms with Crippen LogP contribution in [-0.4, -0.2) is 43.5 Å². The van der Waals surface area contributed by atoms with Crippen molar-refractivity contribution in [2.45, 2.75) is 13.8 Å². The molecule has 5 nitrogen and oxygen atoms in total. The van der Waals surface area contributed by atoms with Crippen LogP contribution in [0.2, 0.25) is 0 Å². The smallest absolute Gasteiger partial charge is 0.290 e. The van der Waals surface area contributed by atoms with Gasteiger partial charge in [0.25, 0.3) is 5.91 Å². The first-order chi connectivity index (χ1) is 10.6. The minimum atomic E-state index is -0.185. The second-order valence-corrected chi connectivity index (χ2v) is 5.87. The molecule has 0 unspecified atom stereocenters. The highest BCUT2D eigenvalue weighted by molar-refractivity contribution is 5.93. The number of quaternary nitrogens is 1. The maximum absolute atomic E-state index is 12.5. The lowest BCUT2D eigenvalue weighted by Crippen LogP contribution is -3.14. The van der Waals surface area contributed by atoms with Crippen LogP contribution in [0.1, 0.15) is 23.0 Å². The van der Waals surface area contributed by atoms with Crippen LogP contribution in [-0.2, 0) is 0 Å². The minimum absolute atomic E-state index is 0.140. The Morgan fingerprint density at radius 2 is 2.00 bits per heavy atom. The topological polar surface area (TPSA) is 55.0 Å². The number of nitrogens with zero attached hydrogens (tertiary/aromatic N) is 1. The molecule has 0 bridgehead atoms. The van der Waals surface area contributed by atoms with Crippen molar-refractivity contribution in [1.29, 1.82) is 0 Å². The Balaban J connectivity index is 1.89. The van der Waals surface area contributed by atoms with Crippen LogP contribution in [0, 0.1) is 6.92 Å². The Morgan fingerprint density at radius 1 is 1.27 bits per heavy atom. The van der Waals surface area contributed by atoms with Gasteiger partial charge in [0.1, 0.15) is 5.58 Å². The summed E-state index contributed by atoms with van der Waals surface area (Å²) < 4.78 is 5.67. The molecule has 0 spiro atoms. The molecule has 2 aromatic rings. The summed E-state index contributed by atoms with van der Waals surface area (Å²) in [4.78, 5) is 28.0. The average molecular weight is 301 g/mol. The van der Waals surface area contributed by atoms with E-state index in [0.29, 0.717) is 24.1 Å². The molecule has 1 aromatic carbocycles. The molecule has 1 saturated heterocycles. The highest BCUT2D eigenvalue weighted by atomic mass is 16.3. The fourth-order valence-electron chi connectivity index (χ4n) is 2.91. The molecule has 0 aliphatic carbocycles. The van der Waals surface area contributed by atoms with Crippen LogP contribution in [0.5, 0.6) is 0 Å². The van der Waals surface area contributed by atoms with Gasteiger partial charge in [0.15, 0.2) is 11.2 Å². The molecule has 1 fully saturated rings. The zero-order valence-corrected chi connectivity index (χ0v) is 13.0. The van der Waals surface area contributed by atoms with E-state index in [1.165, 1.54) is 11.0 Å². The summed E-state index contributed by atoms with van der Waals surface area (Å²) in [7, 11) is 0. The maximum Gasteiger partial charge on any atom is 0.290 e. The molecule has 2 heterocycles. The van der Waals surface area contributed by atoms with Crippen LogP contribution in [0.25, 0.3) is 11.0 Å². The first-order valence-corrected chi connectivity index (χ1v) is 7.76. The second kappa shape index (κ2) is 5.93. The van der Waals surface area contributed by atoms with E-state index in [1.54, 1.807) is 17.0 Å². The number of hydrogen-bond donors (Lipinski definition) is 1. The third-order valence-electron chi connectivity index (χ3n) is 4.35. The van der Waals surface area contributed by atoms with Crippen molar-refractivity contribution in [3.05, 3.63) is 45.8 Å². The lowest BCUT2D eigenvalue weighted by atomic mass is 10.1. The summed E-state index contributed by atoms with van der Waals surface area (Å²) in [5, 5.41) is 0.525. The summed E-state index contributed by atoms with van der Waals surface area (Å²) in [6, 6.07) is 6.74. The number of amides is 1. The number of hydrogen-bond acceptors (Lipinski definition) is 3. The van der Waals surface area contributed by atoms with E-state index < -0.39 is 0 Å². The van der Waals surface area contributed by atoms with Crippen molar-refractivity contribution >= 4 is 16.9 Å². The van der Waals surface area contributed by atoms with Crippen LogP contribution in [0.4, 0.5) is 0 Å². The number of fused-ring (bicyclic) bond motifs is 1. The maximum atomic E-state index is 12.5.